The second kappa shape index (κ2) is 7.83. The zero-order valence-corrected chi connectivity index (χ0v) is 14.9. The zero-order valence-electron chi connectivity index (χ0n) is 14.9. The highest BCUT2D eigenvalue weighted by molar-refractivity contribution is 5.31. The molecule has 1 aliphatic heterocycles. The van der Waals surface area contributed by atoms with E-state index in [1.54, 1.807) is 12.1 Å². The zero-order chi connectivity index (χ0) is 17.8. The largest absolute Gasteiger partial charge is 0.306 e. The molecule has 0 unspecified atom stereocenters. The lowest BCUT2D eigenvalue weighted by atomic mass is 9.90. The number of halogens is 1. The van der Waals surface area contributed by atoms with Crippen molar-refractivity contribution in [2.75, 3.05) is 13.1 Å². The summed E-state index contributed by atoms with van der Waals surface area (Å²) in [7, 11) is 0. The Kier molecular flexibility index (Phi) is 5.12. The van der Waals surface area contributed by atoms with Crippen molar-refractivity contribution >= 4 is 0 Å². The molecular weight excluding hydrogens is 325 g/mol. The number of nitrogens with zero attached hydrogens (tertiary/aromatic N) is 3. The molecule has 134 valence electrons. The third-order valence-corrected chi connectivity index (χ3v) is 5.22. The number of hydrogen-bond donors (Lipinski definition) is 0. The van der Waals surface area contributed by atoms with E-state index < -0.39 is 0 Å². The van der Waals surface area contributed by atoms with E-state index in [0.717, 1.165) is 37.4 Å². The summed E-state index contributed by atoms with van der Waals surface area (Å²) in [5, 5.41) is 0. The predicted molar refractivity (Wildman–Crippen MR) is 102 cm³/mol. The number of imidazole rings is 1. The number of hydrogen-bond acceptors (Lipinski definition) is 2. The molecule has 2 heterocycles. The lowest BCUT2D eigenvalue weighted by Crippen LogP contribution is -2.34. The van der Waals surface area contributed by atoms with Gasteiger partial charge >= 0.3 is 0 Å². The van der Waals surface area contributed by atoms with E-state index in [4.69, 9.17) is 0 Å². The molecule has 2 aromatic carbocycles. The van der Waals surface area contributed by atoms with Crippen LogP contribution in [0.2, 0.25) is 0 Å². The summed E-state index contributed by atoms with van der Waals surface area (Å²) in [6.07, 6.45) is 7.45. The van der Waals surface area contributed by atoms with Crippen molar-refractivity contribution < 1.29 is 4.39 Å². The Morgan fingerprint density at radius 1 is 0.962 bits per heavy atom. The fourth-order valence-electron chi connectivity index (χ4n) is 3.72. The Bertz CT molecular complexity index is 818. The van der Waals surface area contributed by atoms with Crippen molar-refractivity contribution in [2.24, 2.45) is 5.92 Å². The van der Waals surface area contributed by atoms with Crippen molar-refractivity contribution in [2.45, 2.75) is 25.8 Å². The van der Waals surface area contributed by atoms with E-state index in [9.17, 15) is 4.39 Å². The van der Waals surface area contributed by atoms with Gasteiger partial charge in [0, 0.05) is 18.4 Å². The van der Waals surface area contributed by atoms with Crippen molar-refractivity contribution in [1.82, 2.24) is 14.5 Å². The maximum atomic E-state index is 13.0. The summed E-state index contributed by atoms with van der Waals surface area (Å²) < 4.78 is 15.1. The summed E-state index contributed by atoms with van der Waals surface area (Å²) in [5.41, 5.74) is 3.50. The van der Waals surface area contributed by atoms with Gasteiger partial charge in [0.2, 0.25) is 0 Å². The quantitative estimate of drug-likeness (QED) is 0.678. The van der Waals surface area contributed by atoms with Crippen LogP contribution in [0.3, 0.4) is 0 Å². The molecule has 0 spiro atoms. The van der Waals surface area contributed by atoms with Crippen LogP contribution in [0, 0.1) is 11.7 Å². The fourth-order valence-corrected chi connectivity index (χ4v) is 3.72. The Morgan fingerprint density at radius 3 is 2.42 bits per heavy atom. The summed E-state index contributed by atoms with van der Waals surface area (Å²) in [6.45, 7) is 3.11. The van der Waals surface area contributed by atoms with Gasteiger partial charge in [0.25, 0.3) is 0 Å². The van der Waals surface area contributed by atoms with Crippen LogP contribution in [0.25, 0.3) is 5.69 Å². The lowest BCUT2D eigenvalue weighted by molar-refractivity contribution is 0.175. The highest BCUT2D eigenvalue weighted by Crippen LogP contribution is 2.23. The molecule has 1 saturated heterocycles. The van der Waals surface area contributed by atoms with E-state index in [2.05, 4.69) is 32.8 Å². The number of rotatable bonds is 5. The molecule has 26 heavy (non-hydrogen) atoms. The van der Waals surface area contributed by atoms with Crippen LogP contribution in [0.4, 0.5) is 4.39 Å². The molecule has 0 amide bonds. The number of likely N-dealkylation sites (tertiary alicyclic amines) is 1. The van der Waals surface area contributed by atoms with E-state index in [1.807, 2.05) is 36.7 Å². The molecular formula is C22H24FN3. The van der Waals surface area contributed by atoms with Crippen LogP contribution in [0.1, 0.15) is 24.1 Å². The van der Waals surface area contributed by atoms with Gasteiger partial charge in [0.15, 0.2) is 0 Å². The predicted octanol–water partition coefficient (Wildman–Crippen LogP) is 4.47. The maximum absolute atomic E-state index is 13.0. The topological polar surface area (TPSA) is 21.1 Å². The van der Waals surface area contributed by atoms with Gasteiger partial charge in [-0.1, -0.05) is 30.3 Å². The highest BCUT2D eigenvalue weighted by Gasteiger charge is 2.20. The first kappa shape index (κ1) is 17.0. The maximum Gasteiger partial charge on any atom is 0.123 e. The van der Waals surface area contributed by atoms with Crippen molar-refractivity contribution in [3.8, 4) is 5.69 Å². The third kappa shape index (κ3) is 4.20. The summed E-state index contributed by atoms with van der Waals surface area (Å²) in [4.78, 5) is 7.05. The Morgan fingerprint density at radius 2 is 1.69 bits per heavy atom. The Balaban J connectivity index is 1.29. The lowest BCUT2D eigenvalue weighted by Gasteiger charge is -2.31. The van der Waals surface area contributed by atoms with Crippen LogP contribution in [-0.2, 0) is 13.0 Å². The van der Waals surface area contributed by atoms with Crippen LogP contribution in [0.5, 0.6) is 0 Å². The molecule has 1 fully saturated rings. The van der Waals surface area contributed by atoms with Gasteiger partial charge in [-0.2, -0.15) is 0 Å². The molecule has 3 nitrogen and oxygen atoms in total. The van der Waals surface area contributed by atoms with E-state index >= 15 is 0 Å². The van der Waals surface area contributed by atoms with Crippen LogP contribution in [-0.4, -0.2) is 27.5 Å². The van der Waals surface area contributed by atoms with Crippen LogP contribution >= 0.6 is 0 Å². The van der Waals surface area contributed by atoms with E-state index in [-0.39, 0.29) is 5.82 Å². The molecule has 4 rings (SSSR count). The first-order valence-corrected chi connectivity index (χ1v) is 9.31. The molecule has 3 aromatic rings. The van der Waals surface area contributed by atoms with E-state index in [0.29, 0.717) is 5.92 Å². The first-order chi connectivity index (χ1) is 12.8. The highest BCUT2D eigenvalue weighted by atomic mass is 19.1. The molecule has 0 saturated carbocycles. The smallest absolute Gasteiger partial charge is 0.123 e. The molecule has 0 atom stereocenters. The second-order valence-corrected chi connectivity index (χ2v) is 7.16. The SMILES string of the molecule is Fc1ccc(CC2CCN(Cc3cn(-c4ccccc4)cn3)CC2)cc1. The minimum absolute atomic E-state index is 0.154. The van der Waals surface area contributed by atoms with Gasteiger partial charge < -0.3 is 4.57 Å². The number of piperidine rings is 1. The molecule has 0 aliphatic carbocycles. The molecule has 0 radical (unpaired) electrons. The summed E-state index contributed by atoms with van der Waals surface area (Å²) in [5.74, 6) is 0.539. The average Bonchev–Trinajstić information content (AvgIpc) is 3.14. The molecule has 1 aromatic heterocycles. The van der Waals surface area contributed by atoms with Gasteiger partial charge in [-0.25, -0.2) is 9.37 Å². The van der Waals surface area contributed by atoms with Crippen molar-refractivity contribution in [3.63, 3.8) is 0 Å². The summed E-state index contributed by atoms with van der Waals surface area (Å²) in [6, 6.07) is 17.2. The van der Waals surface area contributed by atoms with Crippen molar-refractivity contribution in [1.29, 1.82) is 0 Å². The second-order valence-electron chi connectivity index (χ2n) is 7.16. The van der Waals surface area contributed by atoms with Gasteiger partial charge in [-0.05, 0) is 68.1 Å². The fraction of sp³-hybridized carbons (Fsp3) is 0.318. The standard InChI is InChI=1S/C22H24FN3/c23-20-8-6-18(7-9-20)14-19-10-12-25(13-11-19)15-21-16-26(17-24-21)22-4-2-1-3-5-22/h1-9,16-17,19H,10-15H2. The monoisotopic (exact) mass is 349 g/mol. The van der Waals surface area contributed by atoms with Crippen LogP contribution < -0.4 is 0 Å². The minimum atomic E-state index is -0.154. The first-order valence-electron chi connectivity index (χ1n) is 9.31. The van der Waals surface area contributed by atoms with Crippen LogP contribution in [0.15, 0.2) is 67.1 Å². The number of aromatic nitrogens is 2. The minimum Gasteiger partial charge on any atom is -0.306 e. The molecule has 0 bridgehead atoms. The normalized spacial score (nSPS) is 16.0. The molecule has 4 heteroatoms. The molecule has 1 aliphatic rings. The molecule has 0 N–H and O–H groups in total. The van der Waals surface area contributed by atoms with Gasteiger partial charge in [0.1, 0.15) is 5.82 Å². The third-order valence-electron chi connectivity index (χ3n) is 5.22. The van der Waals surface area contributed by atoms with Gasteiger partial charge in [-0.15, -0.1) is 0 Å². The van der Waals surface area contributed by atoms with E-state index in [1.165, 1.54) is 18.4 Å². The number of para-hydroxylation sites is 1. The van der Waals surface area contributed by atoms with Crippen molar-refractivity contribution in [3.05, 3.63) is 84.2 Å². The van der Waals surface area contributed by atoms with Gasteiger partial charge in [0.05, 0.1) is 12.0 Å². The Labute approximate surface area is 154 Å². The Hall–Kier alpha value is -2.46. The number of benzene rings is 2. The summed E-state index contributed by atoms with van der Waals surface area (Å²) >= 11 is 0. The average molecular weight is 349 g/mol. The van der Waals surface area contributed by atoms with Gasteiger partial charge in [-0.3, -0.25) is 4.90 Å².